The van der Waals surface area contributed by atoms with E-state index in [0.717, 1.165) is 12.8 Å². The molecule has 0 nitrogen and oxygen atoms in total. The van der Waals surface area contributed by atoms with Gasteiger partial charge in [0, 0.05) is 0 Å². The molecule has 2 aliphatic carbocycles. The third kappa shape index (κ3) is 7.66. The minimum absolute atomic E-state index is 0. The molecule has 4 heteroatoms. The van der Waals surface area contributed by atoms with E-state index in [9.17, 15) is 0 Å². The zero-order valence-corrected chi connectivity index (χ0v) is 19.7. The summed E-state index contributed by atoms with van der Waals surface area (Å²) in [5, 5.41) is 0. The van der Waals surface area contributed by atoms with Gasteiger partial charge in [-0.3, -0.25) is 6.08 Å². The molecular formula is C20H24Cl2SiZr-4. The minimum Gasteiger partial charge on any atom is -0.179 e. The fourth-order valence-corrected chi connectivity index (χ4v) is 2.34. The predicted molar refractivity (Wildman–Crippen MR) is 111 cm³/mol. The van der Waals surface area contributed by atoms with Crippen LogP contribution in [0, 0.1) is 27.0 Å². The van der Waals surface area contributed by atoms with E-state index in [2.05, 4.69) is 54.6 Å². The van der Waals surface area contributed by atoms with E-state index in [1.807, 2.05) is 25.1 Å². The summed E-state index contributed by atoms with van der Waals surface area (Å²) in [6.45, 7) is 1.95. The van der Waals surface area contributed by atoms with Gasteiger partial charge in [0.15, 0.2) is 0 Å². The number of halogens is 2. The SMILES string of the molecule is Cl.Cl.[C-]1=CC=CC1.[CH3-].[CH3-].[SiH2]=[Zr].[c-]1cccc2c1Cc1ccccc1-2. The molecule has 0 N–H and O–H groups in total. The number of hydrogen-bond donors (Lipinski definition) is 0. The molecule has 2 aromatic rings. The van der Waals surface area contributed by atoms with Crippen LogP contribution in [-0.2, 0) is 29.8 Å². The smallest absolute Gasteiger partial charge is 0.0253 e. The summed E-state index contributed by atoms with van der Waals surface area (Å²) < 4.78 is 0. The Bertz CT molecular complexity index is 586. The molecule has 0 heterocycles. The Balaban J connectivity index is -0.000000351. The molecule has 0 amide bonds. The van der Waals surface area contributed by atoms with E-state index in [0.29, 0.717) is 0 Å². The van der Waals surface area contributed by atoms with Crippen molar-refractivity contribution in [2.75, 3.05) is 0 Å². The third-order valence-corrected chi connectivity index (χ3v) is 3.20. The topological polar surface area (TPSA) is 0 Å². The van der Waals surface area contributed by atoms with Gasteiger partial charge >= 0.3 is 30.2 Å². The van der Waals surface area contributed by atoms with Crippen LogP contribution in [0.1, 0.15) is 17.5 Å². The molecular weight excluding hydrogens is 430 g/mol. The largest absolute Gasteiger partial charge is 0.179 e. The van der Waals surface area contributed by atoms with Crippen LogP contribution in [0.15, 0.2) is 60.7 Å². The first kappa shape index (κ1) is 28.4. The Hall–Kier alpha value is -0.400. The molecule has 24 heavy (non-hydrogen) atoms. The average Bonchev–Trinajstić information content (AvgIpc) is 3.20. The van der Waals surface area contributed by atoms with Gasteiger partial charge < -0.3 is 14.9 Å². The molecule has 0 spiro atoms. The molecule has 0 fully saturated rings. The maximum absolute atomic E-state index is 3.30. The van der Waals surface area contributed by atoms with Crippen molar-refractivity contribution >= 4 is 31.7 Å². The number of fused-ring (bicyclic) bond motifs is 3. The number of rotatable bonds is 0. The standard InChI is InChI=1S/C13H9.C5H5.2CH3.2ClH.H2Si.Zr/c1-3-7-12-10(5-1)9-11-6-2-4-8-13(11)12;1-2-4-5-3-1;;;;;;/h1-5,7-8H,9H2;1-3H,4H2;2*1H3;2*1H;1H2;/q4*-1;;;;. The van der Waals surface area contributed by atoms with Crippen LogP contribution in [0.3, 0.4) is 0 Å². The quantitative estimate of drug-likeness (QED) is 0.324. The molecule has 0 unspecified atom stereocenters. The molecule has 0 atom stereocenters. The van der Waals surface area contributed by atoms with Crippen LogP contribution in [0.25, 0.3) is 11.1 Å². The van der Waals surface area contributed by atoms with Crippen molar-refractivity contribution in [3.8, 4) is 11.1 Å². The van der Waals surface area contributed by atoms with Crippen LogP contribution in [0.5, 0.6) is 0 Å². The molecule has 130 valence electrons. The van der Waals surface area contributed by atoms with Crippen molar-refractivity contribution in [1.82, 2.24) is 0 Å². The van der Waals surface area contributed by atoms with Gasteiger partial charge in [-0.25, -0.2) is 12.2 Å². The van der Waals surface area contributed by atoms with Gasteiger partial charge in [0.1, 0.15) is 0 Å². The number of hydrogen-bond acceptors (Lipinski definition) is 0. The number of benzene rings is 2. The summed E-state index contributed by atoms with van der Waals surface area (Å²) in [7, 11) is 0. The molecule has 2 aliphatic rings. The number of allylic oxidation sites excluding steroid dienone is 4. The first-order chi connectivity index (χ1) is 9.95. The van der Waals surface area contributed by atoms with Crippen LogP contribution >= 0.6 is 24.8 Å². The summed E-state index contributed by atoms with van der Waals surface area (Å²) in [6, 6.07) is 18.1. The van der Waals surface area contributed by atoms with E-state index >= 15 is 0 Å². The summed E-state index contributed by atoms with van der Waals surface area (Å²) in [4.78, 5) is 0. The van der Waals surface area contributed by atoms with Crippen LogP contribution in [0.2, 0.25) is 0 Å². The zero-order valence-electron chi connectivity index (χ0n) is 14.2. The summed E-state index contributed by atoms with van der Waals surface area (Å²) in [5.74, 6) is 0. The van der Waals surface area contributed by atoms with E-state index < -0.39 is 0 Å². The molecule has 4 rings (SSSR count). The first-order valence-electron chi connectivity index (χ1n) is 6.60. The van der Waals surface area contributed by atoms with Crippen molar-refractivity contribution < 1.29 is 23.3 Å². The Morgan fingerprint density at radius 2 is 1.58 bits per heavy atom. The van der Waals surface area contributed by atoms with Crippen LogP contribution < -0.4 is 0 Å². The second-order valence-corrected chi connectivity index (χ2v) is 4.40. The molecule has 0 radical (unpaired) electrons. The molecule has 0 bridgehead atoms. The molecule has 0 saturated heterocycles. The maximum Gasteiger partial charge on any atom is -0.0253 e. The van der Waals surface area contributed by atoms with Crippen molar-refractivity contribution in [1.29, 1.82) is 0 Å². The average molecular weight is 455 g/mol. The van der Waals surface area contributed by atoms with Gasteiger partial charge in [-0.2, -0.15) is 35.9 Å². The fourth-order valence-electron chi connectivity index (χ4n) is 2.34. The Labute approximate surface area is 176 Å². The molecule has 0 aromatic heterocycles. The van der Waals surface area contributed by atoms with E-state index in [4.69, 9.17) is 0 Å². The minimum atomic E-state index is 0. The zero-order chi connectivity index (χ0) is 14.2. The summed E-state index contributed by atoms with van der Waals surface area (Å²) in [6.07, 6.45) is 11.0. The van der Waals surface area contributed by atoms with Gasteiger partial charge in [0.2, 0.25) is 0 Å². The molecule has 0 aliphatic heterocycles. The normalized spacial score (nSPS) is 10.5. The van der Waals surface area contributed by atoms with Crippen LogP contribution in [-0.4, -0.2) is 6.88 Å². The fraction of sp³-hybridized carbons (Fsp3) is 0.100. The Morgan fingerprint density at radius 1 is 0.917 bits per heavy atom. The molecule has 2 aromatic carbocycles. The van der Waals surface area contributed by atoms with Crippen LogP contribution in [0.4, 0.5) is 0 Å². The molecule has 0 saturated carbocycles. The summed E-state index contributed by atoms with van der Waals surface area (Å²) >= 11 is 1.58. The van der Waals surface area contributed by atoms with Crippen molar-refractivity contribution in [2.24, 2.45) is 0 Å². The van der Waals surface area contributed by atoms with Gasteiger partial charge in [-0.05, 0) is 6.42 Å². The van der Waals surface area contributed by atoms with Gasteiger partial charge in [-0.15, -0.1) is 36.8 Å². The van der Waals surface area contributed by atoms with Gasteiger partial charge in [0.05, 0.1) is 0 Å². The van der Waals surface area contributed by atoms with Gasteiger partial charge in [-0.1, -0.05) is 35.4 Å². The second-order valence-electron chi connectivity index (χ2n) is 4.40. The van der Waals surface area contributed by atoms with E-state index in [1.165, 1.54) is 22.3 Å². The monoisotopic (exact) mass is 452 g/mol. The van der Waals surface area contributed by atoms with E-state index in [-0.39, 0.29) is 39.7 Å². The second kappa shape index (κ2) is 16.1. The van der Waals surface area contributed by atoms with Crippen molar-refractivity contribution in [3.63, 3.8) is 0 Å². The van der Waals surface area contributed by atoms with Gasteiger partial charge in [0.25, 0.3) is 0 Å². The predicted octanol–water partition coefficient (Wildman–Crippen LogP) is 5.19. The van der Waals surface area contributed by atoms with Crippen molar-refractivity contribution in [3.05, 3.63) is 98.8 Å². The Kier molecular flexibility index (Phi) is 19.0. The van der Waals surface area contributed by atoms with E-state index in [1.54, 1.807) is 23.3 Å². The van der Waals surface area contributed by atoms with Crippen molar-refractivity contribution in [2.45, 2.75) is 12.8 Å². The Morgan fingerprint density at radius 3 is 2.17 bits per heavy atom. The summed E-state index contributed by atoms with van der Waals surface area (Å²) in [5.41, 5.74) is 5.51. The third-order valence-electron chi connectivity index (χ3n) is 3.20. The maximum atomic E-state index is 3.30. The first-order valence-corrected chi connectivity index (χ1v) is 12.5.